The van der Waals surface area contributed by atoms with E-state index < -0.39 is 24.1 Å². The van der Waals surface area contributed by atoms with E-state index in [0.29, 0.717) is 0 Å². The molecule has 0 fully saturated rings. The summed E-state index contributed by atoms with van der Waals surface area (Å²) < 4.78 is 9.83. The van der Waals surface area contributed by atoms with Crippen LogP contribution in [0.15, 0.2) is 9.98 Å². The van der Waals surface area contributed by atoms with Crippen molar-refractivity contribution in [3.8, 4) is 0 Å². The highest BCUT2D eigenvalue weighted by molar-refractivity contribution is 5.87. The fourth-order valence-corrected chi connectivity index (χ4v) is 1.20. The molecule has 0 saturated heterocycles. The Morgan fingerprint density at radius 2 is 1.43 bits per heavy atom. The molecule has 0 radical (unpaired) electrons. The van der Waals surface area contributed by atoms with Gasteiger partial charge in [0.2, 0.25) is 0 Å². The smallest absolute Gasteiger partial charge is 0.328 e. The number of carbonyl (C=O) groups excluding carboxylic acids is 2. The molecule has 14 heavy (non-hydrogen) atoms. The summed E-state index contributed by atoms with van der Waals surface area (Å²) in [6.45, 7) is 0.0443. The van der Waals surface area contributed by atoms with Crippen molar-refractivity contribution in [3.63, 3.8) is 0 Å². The minimum absolute atomic E-state index is 0.0221. The number of carbonyl (C=O) groups is 2. The van der Waals surface area contributed by atoms with Crippen LogP contribution in [-0.2, 0) is 19.1 Å². The van der Waals surface area contributed by atoms with Crippen LogP contribution in [0.4, 0.5) is 0 Å². The van der Waals surface area contributed by atoms with Crippen molar-refractivity contribution >= 4 is 24.4 Å². The predicted octanol–water partition coefficient (Wildman–Crippen LogP) is -1.02. The second kappa shape index (κ2) is 3.57. The maximum absolute atomic E-state index is 10.9. The van der Waals surface area contributed by atoms with Crippen molar-refractivity contribution in [1.82, 2.24) is 0 Å². The van der Waals surface area contributed by atoms with E-state index in [1.165, 1.54) is 12.4 Å². The van der Waals surface area contributed by atoms with Gasteiger partial charge in [-0.05, 0) is 0 Å². The third-order valence-electron chi connectivity index (χ3n) is 1.80. The molecule has 0 aliphatic carbocycles. The Balaban J connectivity index is 2.07. The van der Waals surface area contributed by atoms with Crippen molar-refractivity contribution in [2.45, 2.75) is 12.2 Å². The van der Waals surface area contributed by atoms with E-state index in [0.717, 1.165) is 0 Å². The van der Waals surface area contributed by atoms with E-state index in [4.69, 9.17) is 9.47 Å². The lowest BCUT2D eigenvalue weighted by molar-refractivity contribution is -0.157. The van der Waals surface area contributed by atoms with Crippen LogP contribution in [-0.4, -0.2) is 49.7 Å². The zero-order valence-corrected chi connectivity index (χ0v) is 7.25. The molecule has 0 amide bonds. The van der Waals surface area contributed by atoms with Gasteiger partial charge in [-0.25, -0.2) is 0 Å². The molecule has 0 N–H and O–H groups in total. The first-order chi connectivity index (χ1) is 6.75. The summed E-state index contributed by atoms with van der Waals surface area (Å²) in [6.07, 6.45) is 1.64. The van der Waals surface area contributed by atoms with Crippen molar-refractivity contribution in [3.05, 3.63) is 0 Å². The highest BCUT2D eigenvalue weighted by atomic mass is 16.6. The molecule has 0 aromatic heterocycles. The Morgan fingerprint density at radius 3 is 1.79 bits per heavy atom. The van der Waals surface area contributed by atoms with Crippen molar-refractivity contribution < 1.29 is 19.1 Å². The molecule has 6 nitrogen and oxygen atoms in total. The summed E-state index contributed by atoms with van der Waals surface area (Å²) in [5, 5.41) is 0. The summed E-state index contributed by atoms with van der Waals surface area (Å²) in [5.74, 6) is -0.847. The Kier molecular flexibility index (Phi) is 2.26. The summed E-state index contributed by atoms with van der Waals surface area (Å²) in [5.41, 5.74) is 0. The largest absolute Gasteiger partial charge is 0.451 e. The molecule has 2 aliphatic rings. The van der Waals surface area contributed by atoms with Crippen molar-refractivity contribution in [1.29, 1.82) is 0 Å². The summed E-state index contributed by atoms with van der Waals surface area (Å²) in [4.78, 5) is 29.3. The molecule has 2 unspecified atom stereocenters. The van der Waals surface area contributed by atoms with Gasteiger partial charge in [0.1, 0.15) is 13.1 Å². The number of hydrogen-bond donors (Lipinski definition) is 0. The number of ether oxygens (including phenoxy) is 2. The molecular weight excluding hydrogens is 188 g/mol. The minimum atomic E-state index is -0.635. The molecule has 0 bridgehead atoms. The normalized spacial score (nSPS) is 31.1. The van der Waals surface area contributed by atoms with Gasteiger partial charge in [0.25, 0.3) is 0 Å². The van der Waals surface area contributed by atoms with E-state index in [9.17, 15) is 9.59 Å². The third kappa shape index (κ3) is 1.78. The Hall–Kier alpha value is -1.72. The zero-order valence-electron chi connectivity index (χ0n) is 7.25. The Bertz CT molecular complexity index is 291. The second-order valence-corrected chi connectivity index (χ2v) is 2.89. The maximum atomic E-state index is 10.9. The molecule has 2 heterocycles. The van der Waals surface area contributed by atoms with E-state index in [1.54, 1.807) is 0 Å². The summed E-state index contributed by atoms with van der Waals surface area (Å²) in [7, 11) is 0. The number of esters is 2. The molecular formula is C8H8N2O4. The average molecular weight is 196 g/mol. The first kappa shape index (κ1) is 8.86. The minimum Gasteiger partial charge on any atom is -0.451 e. The van der Waals surface area contributed by atoms with Crippen LogP contribution in [0.5, 0.6) is 0 Å². The zero-order chi connectivity index (χ0) is 9.97. The summed E-state index contributed by atoms with van der Waals surface area (Å²) >= 11 is 0. The van der Waals surface area contributed by atoms with Gasteiger partial charge in [-0.1, -0.05) is 0 Å². The lowest BCUT2D eigenvalue weighted by atomic mass is 10.2. The molecule has 0 spiro atoms. The highest BCUT2D eigenvalue weighted by Crippen LogP contribution is 2.08. The monoisotopic (exact) mass is 196 g/mol. The molecule has 0 aromatic rings. The standard InChI is InChI=1S/C8H8N2O4/c11-7-3-9-1-5(13-7)6-2-10-4-8(12)14-6/h1-2,5-6H,3-4H2. The number of nitrogens with zero attached hydrogens (tertiary/aromatic N) is 2. The van der Waals surface area contributed by atoms with Gasteiger partial charge in [-0.2, -0.15) is 0 Å². The summed E-state index contributed by atoms with van der Waals surface area (Å²) in [6, 6.07) is 0. The molecule has 2 aliphatic heterocycles. The number of rotatable bonds is 1. The van der Waals surface area contributed by atoms with E-state index >= 15 is 0 Å². The molecule has 2 atom stereocenters. The lowest BCUT2D eigenvalue weighted by Crippen LogP contribution is -2.42. The second-order valence-electron chi connectivity index (χ2n) is 2.89. The van der Waals surface area contributed by atoms with E-state index in [2.05, 4.69) is 9.98 Å². The van der Waals surface area contributed by atoms with Gasteiger partial charge in [0, 0.05) is 12.4 Å². The average Bonchev–Trinajstić information content (AvgIpc) is 2.18. The van der Waals surface area contributed by atoms with Crippen molar-refractivity contribution in [2.75, 3.05) is 13.1 Å². The number of cyclic esters (lactones) is 2. The molecule has 0 aromatic carbocycles. The number of aliphatic imine (C=N–C) groups is 2. The van der Waals surface area contributed by atoms with Gasteiger partial charge < -0.3 is 9.47 Å². The van der Waals surface area contributed by atoms with Gasteiger partial charge in [0.05, 0.1) is 0 Å². The van der Waals surface area contributed by atoms with Gasteiger partial charge >= 0.3 is 11.9 Å². The van der Waals surface area contributed by atoms with Crippen LogP contribution in [0.3, 0.4) is 0 Å². The first-order valence-electron chi connectivity index (χ1n) is 4.14. The lowest BCUT2D eigenvalue weighted by Gasteiger charge is -2.24. The quantitative estimate of drug-likeness (QED) is 0.503. The fourth-order valence-electron chi connectivity index (χ4n) is 1.20. The van der Waals surface area contributed by atoms with E-state index in [-0.39, 0.29) is 13.1 Å². The fraction of sp³-hybridized carbons (Fsp3) is 0.500. The Labute approximate surface area is 79.6 Å². The van der Waals surface area contributed by atoms with E-state index in [1.807, 2.05) is 0 Å². The number of hydrogen-bond acceptors (Lipinski definition) is 6. The molecule has 6 heteroatoms. The van der Waals surface area contributed by atoms with Crippen LogP contribution >= 0.6 is 0 Å². The topological polar surface area (TPSA) is 77.3 Å². The van der Waals surface area contributed by atoms with Gasteiger partial charge in [-0.15, -0.1) is 0 Å². The van der Waals surface area contributed by atoms with Crippen LogP contribution in [0.2, 0.25) is 0 Å². The Morgan fingerprint density at radius 1 is 1.00 bits per heavy atom. The van der Waals surface area contributed by atoms with Gasteiger partial charge in [0.15, 0.2) is 12.2 Å². The molecule has 0 saturated carbocycles. The van der Waals surface area contributed by atoms with Gasteiger partial charge in [-0.3, -0.25) is 19.6 Å². The van der Waals surface area contributed by atoms with Crippen LogP contribution < -0.4 is 0 Å². The molecule has 74 valence electrons. The van der Waals surface area contributed by atoms with Crippen LogP contribution in [0.25, 0.3) is 0 Å². The highest BCUT2D eigenvalue weighted by Gasteiger charge is 2.29. The van der Waals surface area contributed by atoms with Crippen LogP contribution in [0, 0.1) is 0 Å². The molecule has 2 rings (SSSR count). The first-order valence-corrected chi connectivity index (χ1v) is 4.14. The maximum Gasteiger partial charge on any atom is 0.328 e. The SMILES string of the molecule is O=C1CN=CC(C2C=NCC(=O)O2)O1. The third-order valence-corrected chi connectivity index (χ3v) is 1.80. The predicted molar refractivity (Wildman–Crippen MR) is 46.5 cm³/mol. The van der Waals surface area contributed by atoms with Crippen LogP contribution in [0.1, 0.15) is 0 Å². The van der Waals surface area contributed by atoms with Crippen molar-refractivity contribution in [2.24, 2.45) is 9.98 Å².